The SMILES string of the molecule is O=C(Nc1cccc(C(F)(F)F)c1)c1cncc(N2CCc3ccccc3C2)c1. The Labute approximate surface area is 166 Å². The molecular formula is C22H18F3N3O. The molecule has 0 saturated heterocycles. The van der Waals surface area contributed by atoms with Crippen LogP contribution in [0.15, 0.2) is 67.0 Å². The first-order chi connectivity index (χ1) is 13.9. The fraction of sp³-hybridized carbons (Fsp3) is 0.182. The summed E-state index contributed by atoms with van der Waals surface area (Å²) in [5.74, 6) is -0.504. The number of nitrogens with zero attached hydrogens (tertiary/aromatic N) is 2. The zero-order valence-electron chi connectivity index (χ0n) is 15.4. The van der Waals surface area contributed by atoms with Crippen molar-refractivity contribution in [1.29, 1.82) is 0 Å². The minimum atomic E-state index is -4.47. The van der Waals surface area contributed by atoms with Gasteiger partial charge in [0.25, 0.3) is 5.91 Å². The molecule has 1 aliphatic heterocycles. The van der Waals surface area contributed by atoms with E-state index < -0.39 is 17.6 Å². The molecule has 0 spiro atoms. The highest BCUT2D eigenvalue weighted by Gasteiger charge is 2.30. The van der Waals surface area contributed by atoms with E-state index in [0.717, 1.165) is 37.3 Å². The number of pyridine rings is 1. The molecule has 3 aromatic rings. The summed E-state index contributed by atoms with van der Waals surface area (Å²) in [7, 11) is 0. The summed E-state index contributed by atoms with van der Waals surface area (Å²) < 4.78 is 38.6. The number of aromatic nitrogens is 1. The molecule has 0 saturated carbocycles. The molecule has 0 fully saturated rings. The molecule has 0 aliphatic carbocycles. The summed E-state index contributed by atoms with van der Waals surface area (Å²) in [6.07, 6.45) is -0.469. The lowest BCUT2D eigenvalue weighted by atomic mass is 9.99. The van der Waals surface area contributed by atoms with E-state index in [2.05, 4.69) is 27.3 Å². The number of nitrogens with one attached hydrogen (secondary N) is 1. The van der Waals surface area contributed by atoms with Crippen molar-refractivity contribution in [1.82, 2.24) is 4.98 Å². The zero-order valence-corrected chi connectivity index (χ0v) is 15.4. The number of rotatable bonds is 3. The van der Waals surface area contributed by atoms with Crippen LogP contribution >= 0.6 is 0 Å². The summed E-state index contributed by atoms with van der Waals surface area (Å²) in [6, 6.07) is 14.5. The van der Waals surface area contributed by atoms with Crippen LogP contribution in [0.3, 0.4) is 0 Å². The fourth-order valence-corrected chi connectivity index (χ4v) is 3.42. The number of carbonyl (C=O) groups excluding carboxylic acids is 1. The van der Waals surface area contributed by atoms with Crippen molar-refractivity contribution < 1.29 is 18.0 Å². The van der Waals surface area contributed by atoms with Crippen molar-refractivity contribution in [3.8, 4) is 0 Å². The average molecular weight is 397 g/mol. The van der Waals surface area contributed by atoms with E-state index in [1.54, 1.807) is 12.3 Å². The third-order valence-corrected chi connectivity index (χ3v) is 4.93. The van der Waals surface area contributed by atoms with Crippen molar-refractivity contribution in [2.75, 3.05) is 16.8 Å². The maximum atomic E-state index is 12.9. The van der Waals surface area contributed by atoms with Gasteiger partial charge in [-0.1, -0.05) is 30.3 Å². The van der Waals surface area contributed by atoms with Crippen molar-refractivity contribution in [2.45, 2.75) is 19.1 Å². The molecule has 1 amide bonds. The predicted octanol–water partition coefficient (Wildman–Crippen LogP) is 4.92. The van der Waals surface area contributed by atoms with Crippen LogP contribution in [-0.2, 0) is 19.1 Å². The van der Waals surface area contributed by atoms with Crippen LogP contribution in [0.4, 0.5) is 24.5 Å². The number of halogens is 3. The Hall–Kier alpha value is -3.35. The minimum absolute atomic E-state index is 0.0853. The van der Waals surface area contributed by atoms with E-state index in [9.17, 15) is 18.0 Å². The van der Waals surface area contributed by atoms with Crippen LogP contribution in [0.1, 0.15) is 27.0 Å². The Balaban J connectivity index is 1.51. The quantitative estimate of drug-likeness (QED) is 0.683. The van der Waals surface area contributed by atoms with Gasteiger partial charge in [0.2, 0.25) is 0 Å². The number of benzene rings is 2. The largest absolute Gasteiger partial charge is 0.416 e. The maximum Gasteiger partial charge on any atom is 0.416 e. The summed E-state index contributed by atoms with van der Waals surface area (Å²) >= 11 is 0. The van der Waals surface area contributed by atoms with Gasteiger partial charge in [-0.05, 0) is 41.8 Å². The summed E-state index contributed by atoms with van der Waals surface area (Å²) in [4.78, 5) is 18.8. The summed E-state index contributed by atoms with van der Waals surface area (Å²) in [5.41, 5.74) is 2.92. The Morgan fingerprint density at radius 3 is 2.59 bits per heavy atom. The second-order valence-corrected chi connectivity index (χ2v) is 6.90. The van der Waals surface area contributed by atoms with Gasteiger partial charge in [0, 0.05) is 25.0 Å². The van der Waals surface area contributed by atoms with Gasteiger partial charge in [-0.25, -0.2) is 0 Å². The van der Waals surface area contributed by atoms with Crippen molar-refractivity contribution >= 4 is 17.3 Å². The smallest absolute Gasteiger partial charge is 0.366 e. The van der Waals surface area contributed by atoms with Crippen LogP contribution < -0.4 is 10.2 Å². The molecule has 1 aromatic heterocycles. The maximum absolute atomic E-state index is 12.9. The van der Waals surface area contributed by atoms with Crippen LogP contribution in [-0.4, -0.2) is 17.4 Å². The average Bonchev–Trinajstić information content (AvgIpc) is 2.73. The van der Waals surface area contributed by atoms with Gasteiger partial charge in [0.15, 0.2) is 0 Å². The number of alkyl halides is 3. The highest BCUT2D eigenvalue weighted by atomic mass is 19.4. The normalized spacial score (nSPS) is 13.7. The van der Waals surface area contributed by atoms with Gasteiger partial charge in [0.1, 0.15) is 0 Å². The fourth-order valence-electron chi connectivity index (χ4n) is 3.42. The topological polar surface area (TPSA) is 45.2 Å². The molecule has 0 atom stereocenters. The van der Waals surface area contributed by atoms with Crippen molar-refractivity contribution in [3.63, 3.8) is 0 Å². The molecule has 1 N–H and O–H groups in total. The summed E-state index contributed by atoms with van der Waals surface area (Å²) in [5, 5.41) is 2.52. The Bertz CT molecular complexity index is 1050. The van der Waals surface area contributed by atoms with Gasteiger partial charge < -0.3 is 10.2 Å². The Morgan fingerprint density at radius 1 is 1.00 bits per heavy atom. The lowest BCUT2D eigenvalue weighted by molar-refractivity contribution is -0.137. The van der Waals surface area contributed by atoms with Gasteiger partial charge >= 0.3 is 6.18 Å². The van der Waals surface area contributed by atoms with E-state index in [-0.39, 0.29) is 5.69 Å². The molecule has 0 unspecified atom stereocenters. The van der Waals surface area contributed by atoms with Gasteiger partial charge in [-0.15, -0.1) is 0 Å². The zero-order chi connectivity index (χ0) is 20.4. The number of fused-ring (bicyclic) bond motifs is 1. The molecule has 7 heteroatoms. The first-order valence-corrected chi connectivity index (χ1v) is 9.15. The molecule has 4 rings (SSSR count). The molecule has 148 valence electrons. The molecule has 29 heavy (non-hydrogen) atoms. The van der Waals surface area contributed by atoms with E-state index in [1.165, 1.54) is 29.5 Å². The minimum Gasteiger partial charge on any atom is -0.366 e. The highest BCUT2D eigenvalue weighted by Crippen LogP contribution is 2.31. The molecule has 2 aromatic carbocycles. The summed E-state index contributed by atoms with van der Waals surface area (Å²) in [6.45, 7) is 1.52. The van der Waals surface area contributed by atoms with Crippen molar-refractivity contribution in [2.24, 2.45) is 0 Å². The van der Waals surface area contributed by atoms with Crippen LogP contribution in [0.25, 0.3) is 0 Å². The van der Waals surface area contributed by atoms with Crippen LogP contribution in [0.2, 0.25) is 0 Å². The van der Waals surface area contributed by atoms with Crippen molar-refractivity contribution in [3.05, 3.63) is 89.2 Å². The van der Waals surface area contributed by atoms with Gasteiger partial charge in [-0.2, -0.15) is 13.2 Å². The Morgan fingerprint density at radius 2 is 1.79 bits per heavy atom. The van der Waals surface area contributed by atoms with E-state index >= 15 is 0 Å². The number of anilines is 2. The molecule has 2 heterocycles. The predicted molar refractivity (Wildman–Crippen MR) is 105 cm³/mol. The van der Waals surface area contributed by atoms with E-state index in [4.69, 9.17) is 0 Å². The first-order valence-electron chi connectivity index (χ1n) is 9.15. The van der Waals surface area contributed by atoms with E-state index in [0.29, 0.717) is 5.56 Å². The van der Waals surface area contributed by atoms with E-state index in [1.807, 2.05) is 12.1 Å². The molecule has 0 bridgehead atoms. The molecule has 0 radical (unpaired) electrons. The lowest BCUT2D eigenvalue weighted by Crippen LogP contribution is -2.30. The highest BCUT2D eigenvalue weighted by molar-refractivity contribution is 6.04. The Kier molecular flexibility index (Phi) is 4.96. The first kappa shape index (κ1) is 19.0. The van der Waals surface area contributed by atoms with Crippen LogP contribution in [0.5, 0.6) is 0 Å². The monoisotopic (exact) mass is 397 g/mol. The number of carbonyl (C=O) groups is 1. The lowest BCUT2D eigenvalue weighted by Gasteiger charge is -2.30. The second kappa shape index (κ2) is 7.58. The standard InChI is InChI=1S/C22H18F3N3O/c23-22(24,25)18-6-3-7-19(11-18)27-21(29)17-10-20(13-26-12-17)28-9-8-15-4-1-2-5-16(15)14-28/h1-7,10-13H,8-9,14H2,(H,27,29). The third kappa shape index (κ3) is 4.23. The van der Waals surface area contributed by atoms with Gasteiger partial charge in [-0.3, -0.25) is 9.78 Å². The second-order valence-electron chi connectivity index (χ2n) is 6.90. The molecule has 1 aliphatic rings. The molecule has 4 nitrogen and oxygen atoms in total. The van der Waals surface area contributed by atoms with Gasteiger partial charge in [0.05, 0.1) is 23.0 Å². The van der Waals surface area contributed by atoms with Crippen LogP contribution in [0, 0.1) is 0 Å². The number of hydrogen-bond donors (Lipinski definition) is 1. The third-order valence-electron chi connectivity index (χ3n) is 4.93. The number of amides is 1. The molecular weight excluding hydrogens is 379 g/mol. The number of hydrogen-bond acceptors (Lipinski definition) is 3.